The van der Waals surface area contributed by atoms with Gasteiger partial charge in [0.05, 0.1) is 0 Å². The number of anilines is 2. The van der Waals surface area contributed by atoms with Gasteiger partial charge < -0.3 is 15.1 Å². The summed E-state index contributed by atoms with van der Waals surface area (Å²) >= 11 is 0. The van der Waals surface area contributed by atoms with E-state index in [4.69, 9.17) is 4.42 Å². The van der Waals surface area contributed by atoms with Gasteiger partial charge in [-0.3, -0.25) is 0 Å². The predicted octanol–water partition coefficient (Wildman–Crippen LogP) is 3.92. The Morgan fingerprint density at radius 1 is 1.14 bits per heavy atom. The maximum absolute atomic E-state index is 13.0. The van der Waals surface area contributed by atoms with Crippen molar-refractivity contribution in [1.29, 1.82) is 0 Å². The SMILES string of the molecule is Cc1nc2cc(NC(=O)Nc3cccc(F)c3)ccc2o1. The molecule has 0 unspecified atom stereocenters. The number of carbonyl (C=O) groups excluding carboxylic acids is 1. The third kappa shape index (κ3) is 3.00. The molecule has 0 aliphatic rings. The number of benzene rings is 2. The van der Waals surface area contributed by atoms with Crippen LogP contribution in [0.1, 0.15) is 5.89 Å². The molecule has 0 bridgehead atoms. The van der Waals surface area contributed by atoms with Gasteiger partial charge in [-0.15, -0.1) is 0 Å². The molecule has 3 rings (SSSR count). The van der Waals surface area contributed by atoms with Crippen LogP contribution < -0.4 is 10.6 Å². The van der Waals surface area contributed by atoms with Crippen LogP contribution in [0.5, 0.6) is 0 Å². The Hall–Kier alpha value is -2.89. The monoisotopic (exact) mass is 285 g/mol. The van der Waals surface area contributed by atoms with Crippen LogP contribution in [0.2, 0.25) is 0 Å². The van der Waals surface area contributed by atoms with Crippen LogP contribution in [0, 0.1) is 12.7 Å². The second-order valence-electron chi connectivity index (χ2n) is 4.50. The first kappa shape index (κ1) is 13.1. The normalized spacial score (nSPS) is 10.6. The molecule has 6 heteroatoms. The van der Waals surface area contributed by atoms with Gasteiger partial charge in [0.25, 0.3) is 0 Å². The molecule has 0 fully saturated rings. The first-order chi connectivity index (χ1) is 10.1. The van der Waals surface area contributed by atoms with E-state index in [0.717, 1.165) is 0 Å². The van der Waals surface area contributed by atoms with Crippen molar-refractivity contribution in [2.45, 2.75) is 6.92 Å². The van der Waals surface area contributed by atoms with E-state index in [9.17, 15) is 9.18 Å². The van der Waals surface area contributed by atoms with Crippen LogP contribution in [0.15, 0.2) is 46.9 Å². The predicted molar refractivity (Wildman–Crippen MR) is 77.8 cm³/mol. The molecule has 5 nitrogen and oxygen atoms in total. The summed E-state index contributed by atoms with van der Waals surface area (Å²) in [7, 11) is 0. The summed E-state index contributed by atoms with van der Waals surface area (Å²) in [5.74, 6) is 0.152. The van der Waals surface area contributed by atoms with E-state index in [1.54, 1.807) is 31.2 Å². The molecule has 3 aromatic rings. The van der Waals surface area contributed by atoms with E-state index in [-0.39, 0.29) is 0 Å². The van der Waals surface area contributed by atoms with Crippen molar-refractivity contribution < 1.29 is 13.6 Å². The second-order valence-corrected chi connectivity index (χ2v) is 4.50. The van der Waals surface area contributed by atoms with E-state index in [0.29, 0.717) is 28.4 Å². The molecular formula is C15H12FN3O2. The molecule has 1 heterocycles. The Balaban J connectivity index is 1.73. The molecule has 2 aromatic carbocycles. The Kier molecular flexibility index (Phi) is 3.27. The average Bonchev–Trinajstić information content (AvgIpc) is 2.78. The Morgan fingerprint density at radius 2 is 1.90 bits per heavy atom. The highest BCUT2D eigenvalue weighted by molar-refractivity contribution is 6.00. The number of hydrogen-bond acceptors (Lipinski definition) is 3. The largest absolute Gasteiger partial charge is 0.441 e. The summed E-state index contributed by atoms with van der Waals surface area (Å²) in [5, 5.41) is 5.21. The number of rotatable bonds is 2. The van der Waals surface area contributed by atoms with E-state index < -0.39 is 11.8 Å². The molecule has 0 atom stereocenters. The third-order valence-corrected chi connectivity index (χ3v) is 2.83. The van der Waals surface area contributed by atoms with E-state index in [2.05, 4.69) is 15.6 Å². The van der Waals surface area contributed by atoms with Crippen LogP contribution >= 0.6 is 0 Å². The fourth-order valence-corrected chi connectivity index (χ4v) is 1.98. The van der Waals surface area contributed by atoms with Crippen molar-refractivity contribution in [3.8, 4) is 0 Å². The van der Waals surface area contributed by atoms with Gasteiger partial charge in [0.2, 0.25) is 0 Å². The Labute approximate surface area is 119 Å². The highest BCUT2D eigenvalue weighted by Crippen LogP contribution is 2.20. The van der Waals surface area contributed by atoms with Gasteiger partial charge in [0.15, 0.2) is 11.5 Å². The number of carbonyl (C=O) groups is 1. The van der Waals surface area contributed by atoms with Crippen LogP contribution in [0.3, 0.4) is 0 Å². The molecule has 2 N–H and O–H groups in total. The minimum atomic E-state index is -0.458. The summed E-state index contributed by atoms with van der Waals surface area (Å²) < 4.78 is 18.4. The summed E-state index contributed by atoms with van der Waals surface area (Å²) in [5.41, 5.74) is 2.27. The van der Waals surface area contributed by atoms with E-state index in [1.807, 2.05) is 0 Å². The smallest absolute Gasteiger partial charge is 0.323 e. The zero-order chi connectivity index (χ0) is 14.8. The number of oxazole rings is 1. The number of nitrogens with one attached hydrogen (secondary N) is 2. The van der Waals surface area contributed by atoms with Crippen molar-refractivity contribution in [1.82, 2.24) is 4.98 Å². The quantitative estimate of drug-likeness (QED) is 0.750. The zero-order valence-corrected chi connectivity index (χ0v) is 11.2. The molecule has 21 heavy (non-hydrogen) atoms. The summed E-state index contributed by atoms with van der Waals surface area (Å²) in [4.78, 5) is 16.0. The highest BCUT2D eigenvalue weighted by Gasteiger charge is 2.06. The molecular weight excluding hydrogens is 273 g/mol. The number of aryl methyl sites for hydroxylation is 1. The van der Waals surface area contributed by atoms with Gasteiger partial charge in [-0.05, 0) is 36.4 Å². The standard InChI is InChI=1S/C15H12FN3O2/c1-9-17-13-8-12(5-6-14(13)21-9)19-15(20)18-11-4-2-3-10(16)7-11/h2-8H,1H3,(H2,18,19,20). The highest BCUT2D eigenvalue weighted by atomic mass is 19.1. The number of halogens is 1. The first-order valence-corrected chi connectivity index (χ1v) is 6.31. The van der Waals surface area contributed by atoms with Gasteiger partial charge in [-0.2, -0.15) is 0 Å². The average molecular weight is 285 g/mol. The Bertz CT molecular complexity index is 814. The molecule has 1 aromatic heterocycles. The van der Waals surface area contributed by atoms with Crippen molar-refractivity contribution in [2.75, 3.05) is 10.6 Å². The number of urea groups is 1. The first-order valence-electron chi connectivity index (χ1n) is 6.31. The number of aromatic nitrogens is 1. The molecule has 0 spiro atoms. The number of fused-ring (bicyclic) bond motifs is 1. The fourth-order valence-electron chi connectivity index (χ4n) is 1.98. The topological polar surface area (TPSA) is 67.2 Å². The lowest BCUT2D eigenvalue weighted by molar-refractivity contribution is 0.262. The minimum Gasteiger partial charge on any atom is -0.441 e. The van der Waals surface area contributed by atoms with Gasteiger partial charge in [-0.25, -0.2) is 14.2 Å². The molecule has 0 aliphatic carbocycles. The van der Waals surface area contributed by atoms with Crippen molar-refractivity contribution >= 4 is 28.5 Å². The zero-order valence-electron chi connectivity index (χ0n) is 11.2. The minimum absolute atomic E-state index is 0.380. The number of hydrogen-bond donors (Lipinski definition) is 2. The molecule has 2 amide bonds. The molecule has 0 radical (unpaired) electrons. The fraction of sp³-hybridized carbons (Fsp3) is 0.0667. The van der Waals surface area contributed by atoms with E-state index in [1.165, 1.54) is 18.2 Å². The van der Waals surface area contributed by atoms with Gasteiger partial charge in [-0.1, -0.05) is 6.07 Å². The van der Waals surface area contributed by atoms with Crippen LogP contribution in [-0.4, -0.2) is 11.0 Å². The molecule has 0 aliphatic heterocycles. The lowest BCUT2D eigenvalue weighted by Gasteiger charge is -2.07. The van der Waals surface area contributed by atoms with Gasteiger partial charge >= 0.3 is 6.03 Å². The second kappa shape index (κ2) is 5.24. The van der Waals surface area contributed by atoms with Crippen molar-refractivity contribution in [3.63, 3.8) is 0 Å². The van der Waals surface area contributed by atoms with Crippen LogP contribution in [0.4, 0.5) is 20.6 Å². The molecule has 0 saturated heterocycles. The number of nitrogens with zero attached hydrogens (tertiary/aromatic N) is 1. The van der Waals surface area contributed by atoms with Gasteiger partial charge in [0.1, 0.15) is 11.3 Å². The maximum Gasteiger partial charge on any atom is 0.323 e. The lowest BCUT2D eigenvalue weighted by atomic mass is 10.3. The molecule has 0 saturated carbocycles. The molecule has 106 valence electrons. The van der Waals surface area contributed by atoms with Crippen molar-refractivity contribution in [2.24, 2.45) is 0 Å². The van der Waals surface area contributed by atoms with E-state index >= 15 is 0 Å². The summed E-state index contributed by atoms with van der Waals surface area (Å²) in [6.45, 7) is 1.75. The van der Waals surface area contributed by atoms with Gasteiger partial charge in [0, 0.05) is 18.3 Å². The third-order valence-electron chi connectivity index (χ3n) is 2.83. The number of amides is 2. The van der Waals surface area contributed by atoms with Crippen LogP contribution in [0.25, 0.3) is 11.1 Å². The maximum atomic E-state index is 13.0. The summed E-state index contributed by atoms with van der Waals surface area (Å²) in [6.07, 6.45) is 0. The summed E-state index contributed by atoms with van der Waals surface area (Å²) in [6, 6.07) is 10.4. The lowest BCUT2D eigenvalue weighted by Crippen LogP contribution is -2.19. The van der Waals surface area contributed by atoms with Crippen LogP contribution in [-0.2, 0) is 0 Å². The van der Waals surface area contributed by atoms with Crippen molar-refractivity contribution in [3.05, 3.63) is 54.2 Å². The Morgan fingerprint density at radius 3 is 2.67 bits per heavy atom.